The Balaban J connectivity index is 2.65. The summed E-state index contributed by atoms with van der Waals surface area (Å²) < 4.78 is 5.46. The van der Waals surface area contributed by atoms with E-state index in [0.717, 1.165) is 0 Å². The lowest BCUT2D eigenvalue weighted by Crippen LogP contribution is -2.56. The van der Waals surface area contributed by atoms with Crippen molar-refractivity contribution in [2.24, 2.45) is 0 Å². The van der Waals surface area contributed by atoms with Crippen LogP contribution < -0.4 is 0 Å². The molecule has 0 spiro atoms. The Morgan fingerprint density at radius 1 is 1.27 bits per heavy atom. The number of hydrogen-bond acceptors (Lipinski definition) is 5. The Kier molecular flexibility index (Phi) is 5.15. The second-order valence-electron chi connectivity index (χ2n) is 3.77. The van der Waals surface area contributed by atoms with Gasteiger partial charge in [0.2, 0.25) is 0 Å². The number of aliphatic hydroxyl groups excluding tert-OH is 3. The summed E-state index contributed by atoms with van der Waals surface area (Å²) in [5.41, 5.74) is -0.510. The van der Waals surface area contributed by atoms with E-state index in [9.17, 15) is 15.3 Å². The molecular weight excluding hydrogens is 240 g/mol. The van der Waals surface area contributed by atoms with E-state index in [0.29, 0.717) is 6.42 Å². The van der Waals surface area contributed by atoms with Gasteiger partial charge in [0, 0.05) is 5.38 Å². The standard InChI is InChI=1S/C9H17ClO4S/c1-4(10)3-5-6(11)7(12)8(13)9(14-5)15-2/h4-9,11-13H,3H2,1-2H3/t4-,5?,6-,7-,8+,9+/m0/s1. The van der Waals surface area contributed by atoms with E-state index in [-0.39, 0.29) is 5.38 Å². The minimum Gasteiger partial charge on any atom is -0.388 e. The molecular formula is C9H17ClO4S. The van der Waals surface area contributed by atoms with E-state index in [1.165, 1.54) is 11.8 Å². The maximum Gasteiger partial charge on any atom is 0.132 e. The monoisotopic (exact) mass is 256 g/mol. The van der Waals surface area contributed by atoms with Gasteiger partial charge in [-0.05, 0) is 19.6 Å². The molecule has 1 aliphatic heterocycles. The van der Waals surface area contributed by atoms with Crippen molar-refractivity contribution in [2.75, 3.05) is 6.26 Å². The van der Waals surface area contributed by atoms with Gasteiger partial charge in [-0.1, -0.05) is 0 Å². The first-order valence-electron chi connectivity index (χ1n) is 4.84. The molecule has 0 aromatic carbocycles. The van der Waals surface area contributed by atoms with Crippen LogP contribution in [0.25, 0.3) is 0 Å². The molecule has 6 atom stereocenters. The summed E-state index contributed by atoms with van der Waals surface area (Å²) in [6, 6.07) is 0. The molecule has 4 nitrogen and oxygen atoms in total. The first kappa shape index (κ1) is 13.5. The summed E-state index contributed by atoms with van der Waals surface area (Å²) >= 11 is 7.11. The van der Waals surface area contributed by atoms with Crippen molar-refractivity contribution >= 4 is 23.4 Å². The highest BCUT2D eigenvalue weighted by Crippen LogP contribution is 2.29. The summed E-state index contributed by atoms with van der Waals surface area (Å²) in [4.78, 5) is 0. The van der Waals surface area contributed by atoms with Gasteiger partial charge < -0.3 is 20.1 Å². The van der Waals surface area contributed by atoms with Gasteiger partial charge in [-0.2, -0.15) is 0 Å². The third kappa shape index (κ3) is 3.22. The molecule has 0 aromatic rings. The van der Waals surface area contributed by atoms with Crippen LogP contribution in [0.15, 0.2) is 0 Å². The zero-order chi connectivity index (χ0) is 11.6. The van der Waals surface area contributed by atoms with Gasteiger partial charge in [-0.3, -0.25) is 0 Å². The van der Waals surface area contributed by atoms with Gasteiger partial charge in [0.1, 0.15) is 23.7 Å². The van der Waals surface area contributed by atoms with E-state index in [1.54, 1.807) is 13.2 Å². The van der Waals surface area contributed by atoms with E-state index in [1.807, 2.05) is 0 Å². The van der Waals surface area contributed by atoms with Crippen molar-refractivity contribution in [3.63, 3.8) is 0 Å². The number of rotatable bonds is 3. The predicted octanol–water partition coefficient (Wildman–Crippen LogP) is 0.174. The van der Waals surface area contributed by atoms with Crippen LogP contribution in [0.4, 0.5) is 0 Å². The quantitative estimate of drug-likeness (QED) is 0.629. The van der Waals surface area contributed by atoms with Crippen molar-refractivity contribution in [3.8, 4) is 0 Å². The first-order valence-corrected chi connectivity index (χ1v) is 6.56. The van der Waals surface area contributed by atoms with Gasteiger partial charge in [0.15, 0.2) is 0 Å². The highest BCUT2D eigenvalue weighted by Gasteiger charge is 2.43. The third-order valence-electron chi connectivity index (χ3n) is 2.46. The summed E-state index contributed by atoms with van der Waals surface area (Å²) in [6.45, 7) is 1.79. The summed E-state index contributed by atoms with van der Waals surface area (Å²) in [6.07, 6.45) is -1.60. The van der Waals surface area contributed by atoms with Crippen LogP contribution in [-0.2, 0) is 4.74 Å². The molecule has 0 aliphatic carbocycles. The molecule has 1 unspecified atom stereocenters. The van der Waals surface area contributed by atoms with Crippen molar-refractivity contribution in [2.45, 2.75) is 48.6 Å². The fourth-order valence-electron chi connectivity index (χ4n) is 1.63. The maximum atomic E-state index is 9.67. The molecule has 0 amide bonds. The van der Waals surface area contributed by atoms with E-state index < -0.39 is 29.9 Å². The molecule has 0 saturated carbocycles. The molecule has 1 saturated heterocycles. The van der Waals surface area contributed by atoms with Crippen molar-refractivity contribution < 1.29 is 20.1 Å². The fraction of sp³-hybridized carbons (Fsp3) is 1.00. The SMILES string of the molecule is CS[C@H]1OC(C[C@H](C)Cl)[C@H](O)[C@H](O)[C@H]1O. The Morgan fingerprint density at radius 3 is 2.33 bits per heavy atom. The molecule has 1 rings (SSSR count). The Morgan fingerprint density at radius 2 is 1.87 bits per heavy atom. The third-order valence-corrected chi connectivity index (χ3v) is 3.49. The highest BCUT2D eigenvalue weighted by molar-refractivity contribution is 7.99. The van der Waals surface area contributed by atoms with Gasteiger partial charge in [-0.15, -0.1) is 23.4 Å². The maximum absolute atomic E-state index is 9.67. The van der Waals surface area contributed by atoms with Gasteiger partial charge >= 0.3 is 0 Å². The molecule has 1 aliphatic rings. The Bertz CT molecular complexity index is 203. The first-order chi connectivity index (χ1) is 6.97. The van der Waals surface area contributed by atoms with Crippen LogP contribution in [0.5, 0.6) is 0 Å². The highest BCUT2D eigenvalue weighted by atomic mass is 35.5. The Hall–Kier alpha value is 0.480. The lowest BCUT2D eigenvalue weighted by atomic mass is 9.97. The van der Waals surface area contributed by atoms with Crippen molar-refractivity contribution in [1.82, 2.24) is 0 Å². The van der Waals surface area contributed by atoms with E-state index >= 15 is 0 Å². The molecule has 6 heteroatoms. The van der Waals surface area contributed by atoms with E-state index in [2.05, 4.69) is 0 Å². The molecule has 1 fully saturated rings. The predicted molar refractivity (Wildman–Crippen MR) is 60.1 cm³/mol. The number of aliphatic hydroxyl groups is 3. The van der Waals surface area contributed by atoms with E-state index in [4.69, 9.17) is 16.3 Å². The summed E-state index contributed by atoms with van der Waals surface area (Å²) in [5, 5.41) is 28.7. The van der Waals surface area contributed by atoms with Crippen LogP contribution in [0.1, 0.15) is 13.3 Å². The zero-order valence-electron chi connectivity index (χ0n) is 8.71. The van der Waals surface area contributed by atoms with Crippen LogP contribution in [0.2, 0.25) is 0 Å². The zero-order valence-corrected chi connectivity index (χ0v) is 10.3. The smallest absolute Gasteiger partial charge is 0.132 e. The summed E-state index contributed by atoms with van der Waals surface area (Å²) in [7, 11) is 0. The van der Waals surface area contributed by atoms with Gasteiger partial charge in [-0.25, -0.2) is 0 Å². The molecule has 1 heterocycles. The topological polar surface area (TPSA) is 69.9 Å². The van der Waals surface area contributed by atoms with Gasteiger partial charge in [0.05, 0.1) is 6.10 Å². The second-order valence-corrected chi connectivity index (χ2v) is 5.45. The van der Waals surface area contributed by atoms with Gasteiger partial charge in [0.25, 0.3) is 0 Å². The molecule has 0 aromatic heterocycles. The van der Waals surface area contributed by atoms with Crippen LogP contribution in [0.3, 0.4) is 0 Å². The lowest BCUT2D eigenvalue weighted by Gasteiger charge is -2.40. The number of hydrogen-bond donors (Lipinski definition) is 3. The van der Waals surface area contributed by atoms with Crippen molar-refractivity contribution in [3.05, 3.63) is 0 Å². The minimum atomic E-state index is -1.17. The molecule has 0 bridgehead atoms. The largest absolute Gasteiger partial charge is 0.388 e. The Labute approximate surface area is 98.6 Å². The van der Waals surface area contributed by atoms with Crippen LogP contribution >= 0.6 is 23.4 Å². The number of ether oxygens (including phenoxy) is 1. The number of thioether (sulfide) groups is 1. The molecule has 0 radical (unpaired) electrons. The lowest BCUT2D eigenvalue weighted by molar-refractivity contribution is -0.198. The summed E-state index contributed by atoms with van der Waals surface area (Å²) in [5.74, 6) is 0. The molecule has 90 valence electrons. The second kappa shape index (κ2) is 5.70. The minimum absolute atomic E-state index is 0.144. The fourth-order valence-corrected chi connectivity index (χ4v) is 2.50. The molecule has 3 N–H and O–H groups in total. The normalized spacial score (nSPS) is 44.0. The average Bonchev–Trinajstić information content (AvgIpc) is 2.18. The molecule has 15 heavy (non-hydrogen) atoms. The number of halogens is 1. The van der Waals surface area contributed by atoms with Crippen LogP contribution in [-0.4, -0.2) is 56.8 Å². The van der Waals surface area contributed by atoms with Crippen LogP contribution in [0, 0.1) is 0 Å². The van der Waals surface area contributed by atoms with Crippen molar-refractivity contribution in [1.29, 1.82) is 0 Å². The number of alkyl halides is 1. The average molecular weight is 257 g/mol.